The Morgan fingerprint density at radius 1 is 1.47 bits per heavy atom. The van der Waals surface area contributed by atoms with Crippen LogP contribution in [0.25, 0.3) is 0 Å². The minimum Gasteiger partial charge on any atom is -0.474 e. The smallest absolute Gasteiger partial charge is 0.225 e. The number of oxime groups is 1. The Kier molecular flexibility index (Phi) is 4.24. The quantitative estimate of drug-likeness (QED) is 0.380. The van der Waals surface area contributed by atoms with Crippen molar-refractivity contribution in [3.63, 3.8) is 0 Å². The van der Waals surface area contributed by atoms with E-state index in [0.717, 1.165) is 18.5 Å². The van der Waals surface area contributed by atoms with Gasteiger partial charge in [-0.05, 0) is 44.2 Å². The number of hydrogen-bond acceptors (Lipinski definition) is 4. The Morgan fingerprint density at radius 3 is 2.95 bits per heavy atom. The summed E-state index contributed by atoms with van der Waals surface area (Å²) < 4.78 is 5.98. The van der Waals surface area contributed by atoms with Crippen molar-refractivity contribution in [1.82, 2.24) is 4.98 Å². The maximum Gasteiger partial charge on any atom is 0.225 e. The monoisotopic (exact) mass is 263 g/mol. The zero-order valence-corrected chi connectivity index (χ0v) is 11.5. The molecule has 0 aliphatic heterocycles. The second-order valence-corrected chi connectivity index (χ2v) is 5.30. The SMILES string of the molecule is Cc1ccc(C(N)=NO)c(OC2CCCC(C)C2)n1. The van der Waals surface area contributed by atoms with Crippen LogP contribution in [0.2, 0.25) is 0 Å². The second kappa shape index (κ2) is 5.91. The van der Waals surface area contributed by atoms with Crippen LogP contribution >= 0.6 is 0 Å². The number of nitrogens with zero attached hydrogens (tertiary/aromatic N) is 2. The number of hydrogen-bond donors (Lipinski definition) is 2. The highest BCUT2D eigenvalue weighted by Crippen LogP contribution is 2.28. The van der Waals surface area contributed by atoms with Crippen LogP contribution in [-0.4, -0.2) is 22.1 Å². The van der Waals surface area contributed by atoms with Gasteiger partial charge in [-0.15, -0.1) is 0 Å². The van der Waals surface area contributed by atoms with Gasteiger partial charge in [0, 0.05) is 5.69 Å². The van der Waals surface area contributed by atoms with Gasteiger partial charge in [0.15, 0.2) is 5.84 Å². The van der Waals surface area contributed by atoms with Gasteiger partial charge in [-0.3, -0.25) is 0 Å². The third-order valence-electron chi connectivity index (χ3n) is 3.55. The van der Waals surface area contributed by atoms with E-state index in [4.69, 9.17) is 15.7 Å². The second-order valence-electron chi connectivity index (χ2n) is 5.30. The summed E-state index contributed by atoms with van der Waals surface area (Å²) in [6.07, 6.45) is 4.68. The molecular weight excluding hydrogens is 242 g/mol. The Bertz CT molecular complexity index is 474. The topological polar surface area (TPSA) is 80.7 Å². The lowest BCUT2D eigenvalue weighted by Crippen LogP contribution is -2.26. The van der Waals surface area contributed by atoms with E-state index >= 15 is 0 Å². The maximum absolute atomic E-state index is 8.81. The highest BCUT2D eigenvalue weighted by atomic mass is 16.5. The van der Waals surface area contributed by atoms with E-state index in [0.29, 0.717) is 17.4 Å². The maximum atomic E-state index is 8.81. The lowest BCUT2D eigenvalue weighted by atomic mass is 9.89. The number of nitrogens with two attached hydrogens (primary N) is 1. The number of pyridine rings is 1. The van der Waals surface area contributed by atoms with Gasteiger partial charge in [-0.2, -0.15) is 0 Å². The molecule has 104 valence electrons. The minimum atomic E-state index is 0.0337. The number of aromatic nitrogens is 1. The Morgan fingerprint density at radius 2 is 2.26 bits per heavy atom. The van der Waals surface area contributed by atoms with Gasteiger partial charge in [0.1, 0.15) is 6.10 Å². The molecule has 2 atom stereocenters. The fraction of sp³-hybridized carbons (Fsp3) is 0.571. The van der Waals surface area contributed by atoms with E-state index in [-0.39, 0.29) is 11.9 Å². The van der Waals surface area contributed by atoms with E-state index in [2.05, 4.69) is 17.1 Å². The van der Waals surface area contributed by atoms with Crippen LogP contribution in [0.3, 0.4) is 0 Å². The molecule has 3 N–H and O–H groups in total. The highest BCUT2D eigenvalue weighted by molar-refractivity contribution is 5.99. The number of aryl methyl sites for hydroxylation is 1. The number of ether oxygens (including phenoxy) is 1. The predicted octanol–water partition coefficient (Wildman–Crippen LogP) is 2.44. The number of rotatable bonds is 3. The van der Waals surface area contributed by atoms with Gasteiger partial charge >= 0.3 is 0 Å². The van der Waals surface area contributed by atoms with Crippen molar-refractivity contribution < 1.29 is 9.94 Å². The molecule has 0 bridgehead atoms. The van der Waals surface area contributed by atoms with Gasteiger partial charge in [-0.1, -0.05) is 18.5 Å². The van der Waals surface area contributed by atoms with Gasteiger partial charge in [0.25, 0.3) is 0 Å². The molecule has 0 radical (unpaired) electrons. The van der Waals surface area contributed by atoms with E-state index in [1.165, 1.54) is 12.8 Å². The molecule has 0 spiro atoms. The third kappa shape index (κ3) is 3.36. The van der Waals surface area contributed by atoms with E-state index < -0.39 is 0 Å². The first-order valence-electron chi connectivity index (χ1n) is 6.72. The summed E-state index contributed by atoms with van der Waals surface area (Å²) in [5.74, 6) is 1.18. The molecule has 1 aromatic rings. The van der Waals surface area contributed by atoms with Crippen LogP contribution in [0.15, 0.2) is 17.3 Å². The van der Waals surface area contributed by atoms with Crippen molar-refractivity contribution in [2.75, 3.05) is 0 Å². The van der Waals surface area contributed by atoms with Crippen LogP contribution < -0.4 is 10.5 Å². The van der Waals surface area contributed by atoms with Crippen molar-refractivity contribution in [1.29, 1.82) is 0 Å². The Hall–Kier alpha value is -1.78. The third-order valence-corrected chi connectivity index (χ3v) is 3.55. The van der Waals surface area contributed by atoms with Gasteiger partial charge in [-0.25, -0.2) is 4.98 Å². The van der Waals surface area contributed by atoms with E-state index in [1.54, 1.807) is 6.07 Å². The summed E-state index contributed by atoms with van der Waals surface area (Å²) in [5.41, 5.74) is 7.06. The molecule has 1 aliphatic rings. The number of amidine groups is 1. The molecule has 0 amide bonds. The Labute approximate surface area is 113 Å². The first kappa shape index (κ1) is 13.6. The molecule has 1 fully saturated rings. The first-order valence-corrected chi connectivity index (χ1v) is 6.72. The highest BCUT2D eigenvalue weighted by Gasteiger charge is 2.22. The molecular formula is C14H21N3O2. The van der Waals surface area contributed by atoms with Gasteiger partial charge in [0.2, 0.25) is 5.88 Å². The molecule has 5 heteroatoms. The average molecular weight is 263 g/mol. The van der Waals surface area contributed by atoms with Crippen molar-refractivity contribution in [2.24, 2.45) is 16.8 Å². The molecule has 0 saturated heterocycles. The van der Waals surface area contributed by atoms with Crippen LogP contribution in [0.5, 0.6) is 5.88 Å². The predicted molar refractivity (Wildman–Crippen MR) is 73.5 cm³/mol. The zero-order chi connectivity index (χ0) is 13.8. The molecule has 0 aromatic carbocycles. The molecule has 2 unspecified atom stereocenters. The summed E-state index contributed by atoms with van der Waals surface area (Å²) in [5, 5.41) is 11.8. The van der Waals surface area contributed by atoms with Crippen molar-refractivity contribution in [2.45, 2.75) is 45.6 Å². The summed E-state index contributed by atoms with van der Waals surface area (Å²) >= 11 is 0. The molecule has 1 saturated carbocycles. The first-order chi connectivity index (χ1) is 9.10. The standard InChI is InChI=1S/C14H21N3O2/c1-9-4-3-5-11(8-9)19-14-12(13(15)17-18)7-6-10(2)16-14/h6-7,9,11,18H,3-5,8H2,1-2H3,(H2,15,17). The lowest BCUT2D eigenvalue weighted by molar-refractivity contribution is 0.123. The van der Waals surface area contributed by atoms with Gasteiger partial charge in [0.05, 0.1) is 5.56 Å². The molecule has 1 heterocycles. The zero-order valence-electron chi connectivity index (χ0n) is 11.5. The van der Waals surface area contributed by atoms with Crippen molar-refractivity contribution in [3.8, 4) is 5.88 Å². The van der Waals surface area contributed by atoms with E-state index in [1.807, 2.05) is 13.0 Å². The van der Waals surface area contributed by atoms with Crippen LogP contribution in [-0.2, 0) is 0 Å². The van der Waals surface area contributed by atoms with Crippen LogP contribution in [0, 0.1) is 12.8 Å². The summed E-state index contributed by atoms with van der Waals surface area (Å²) in [6.45, 7) is 4.13. The van der Waals surface area contributed by atoms with Crippen molar-refractivity contribution >= 4 is 5.84 Å². The lowest BCUT2D eigenvalue weighted by Gasteiger charge is -2.27. The normalized spacial score (nSPS) is 24.2. The summed E-state index contributed by atoms with van der Waals surface area (Å²) in [6, 6.07) is 3.60. The molecule has 1 aliphatic carbocycles. The Balaban J connectivity index is 2.20. The van der Waals surface area contributed by atoms with Gasteiger partial charge < -0.3 is 15.7 Å². The van der Waals surface area contributed by atoms with Crippen LogP contribution in [0.1, 0.15) is 43.9 Å². The molecule has 1 aromatic heterocycles. The minimum absolute atomic E-state index is 0.0337. The summed E-state index contributed by atoms with van der Waals surface area (Å²) in [4.78, 5) is 4.37. The molecule has 5 nitrogen and oxygen atoms in total. The molecule has 19 heavy (non-hydrogen) atoms. The largest absolute Gasteiger partial charge is 0.474 e. The van der Waals surface area contributed by atoms with Crippen LogP contribution in [0.4, 0.5) is 0 Å². The molecule has 2 rings (SSSR count). The van der Waals surface area contributed by atoms with E-state index in [9.17, 15) is 0 Å². The average Bonchev–Trinajstić information content (AvgIpc) is 2.38. The summed E-state index contributed by atoms with van der Waals surface area (Å²) in [7, 11) is 0. The fourth-order valence-electron chi connectivity index (χ4n) is 2.51. The van der Waals surface area contributed by atoms with Crippen molar-refractivity contribution in [3.05, 3.63) is 23.4 Å². The fourth-order valence-corrected chi connectivity index (χ4v) is 2.51.